The van der Waals surface area contributed by atoms with Gasteiger partial charge in [-0.05, 0) is 56.0 Å². The molecule has 0 fully saturated rings. The molecule has 0 aromatic heterocycles. The van der Waals surface area contributed by atoms with E-state index < -0.39 is 6.04 Å². The van der Waals surface area contributed by atoms with Gasteiger partial charge in [-0.1, -0.05) is 94.6 Å². The van der Waals surface area contributed by atoms with E-state index in [1.54, 1.807) is 16.7 Å². The number of benzene rings is 3. The summed E-state index contributed by atoms with van der Waals surface area (Å²) in [6, 6.07) is 23.8. The lowest BCUT2D eigenvalue weighted by Crippen LogP contribution is -2.52. The van der Waals surface area contributed by atoms with Crippen LogP contribution in [0.1, 0.15) is 48.1 Å². The Morgan fingerprint density at radius 3 is 2.19 bits per heavy atom. The highest BCUT2D eigenvalue weighted by atomic mass is 79.9. The van der Waals surface area contributed by atoms with E-state index in [1.165, 1.54) is 16.7 Å². The number of aryl methyl sites for hydroxylation is 2. The third-order valence-corrected chi connectivity index (χ3v) is 7.83. The van der Waals surface area contributed by atoms with Crippen LogP contribution in [0.5, 0.6) is 0 Å². The van der Waals surface area contributed by atoms with Crippen molar-refractivity contribution in [2.75, 3.05) is 5.75 Å². The first-order valence-corrected chi connectivity index (χ1v) is 14.7. The summed E-state index contributed by atoms with van der Waals surface area (Å²) in [5.41, 5.74) is 5.69. The van der Waals surface area contributed by atoms with Gasteiger partial charge < -0.3 is 10.2 Å². The molecule has 37 heavy (non-hydrogen) atoms. The summed E-state index contributed by atoms with van der Waals surface area (Å²) >= 11 is 5.09. The van der Waals surface area contributed by atoms with Gasteiger partial charge in [0.2, 0.25) is 11.8 Å². The van der Waals surface area contributed by atoms with Crippen LogP contribution in [0.2, 0.25) is 0 Å². The van der Waals surface area contributed by atoms with E-state index in [-0.39, 0.29) is 17.9 Å². The number of carbonyl (C=O) groups is 2. The predicted octanol–water partition coefficient (Wildman–Crippen LogP) is 6.85. The number of hydrogen-bond donors (Lipinski definition) is 1. The van der Waals surface area contributed by atoms with Crippen LogP contribution in [-0.4, -0.2) is 34.6 Å². The SMILES string of the molecule is CC[C@@H](C)NC(=O)[C@@H](Cc1ccccc1)N(Cc1ccc(Br)cc1)C(=O)CSCc1cc(C)cc(C)c1. The van der Waals surface area contributed by atoms with Crippen molar-refractivity contribution in [1.82, 2.24) is 10.2 Å². The highest BCUT2D eigenvalue weighted by Crippen LogP contribution is 2.21. The van der Waals surface area contributed by atoms with Crippen molar-refractivity contribution in [3.63, 3.8) is 0 Å². The Balaban J connectivity index is 1.85. The zero-order chi connectivity index (χ0) is 26.8. The molecule has 0 heterocycles. The molecule has 1 N–H and O–H groups in total. The third-order valence-electron chi connectivity index (χ3n) is 6.31. The first-order valence-electron chi connectivity index (χ1n) is 12.8. The maximum absolute atomic E-state index is 13.7. The highest BCUT2D eigenvalue weighted by molar-refractivity contribution is 9.10. The van der Waals surface area contributed by atoms with E-state index in [4.69, 9.17) is 0 Å². The molecule has 0 saturated carbocycles. The minimum atomic E-state index is -0.602. The van der Waals surface area contributed by atoms with Gasteiger partial charge in [0, 0.05) is 29.2 Å². The van der Waals surface area contributed by atoms with Crippen molar-refractivity contribution < 1.29 is 9.59 Å². The van der Waals surface area contributed by atoms with Gasteiger partial charge in [-0.2, -0.15) is 0 Å². The van der Waals surface area contributed by atoms with Crippen LogP contribution in [0.3, 0.4) is 0 Å². The molecule has 0 aliphatic rings. The number of amides is 2. The molecule has 0 radical (unpaired) electrons. The topological polar surface area (TPSA) is 49.4 Å². The highest BCUT2D eigenvalue weighted by Gasteiger charge is 2.30. The van der Waals surface area contributed by atoms with Crippen molar-refractivity contribution in [3.05, 3.63) is 105 Å². The Morgan fingerprint density at radius 1 is 0.919 bits per heavy atom. The molecule has 0 spiro atoms. The van der Waals surface area contributed by atoms with E-state index in [1.807, 2.05) is 68.4 Å². The zero-order valence-corrected chi connectivity index (χ0v) is 24.6. The average Bonchev–Trinajstić information content (AvgIpc) is 2.87. The molecule has 2 atom stereocenters. The molecule has 4 nitrogen and oxygen atoms in total. The fraction of sp³-hybridized carbons (Fsp3) is 0.355. The van der Waals surface area contributed by atoms with Crippen LogP contribution in [0, 0.1) is 13.8 Å². The summed E-state index contributed by atoms with van der Waals surface area (Å²) in [6.45, 7) is 8.61. The van der Waals surface area contributed by atoms with Crippen LogP contribution in [-0.2, 0) is 28.3 Å². The standard InChI is InChI=1S/C31H37BrN2O2S/c1-5-24(4)33-31(36)29(18-25-9-7-6-8-10-25)34(19-26-11-13-28(32)14-12-26)30(35)21-37-20-27-16-22(2)15-23(3)17-27/h6-17,24,29H,5,18-21H2,1-4H3,(H,33,36)/t24-,29-/m1/s1. The maximum Gasteiger partial charge on any atom is 0.243 e. The Kier molecular flexibility index (Phi) is 11.3. The number of halogens is 1. The normalized spacial score (nSPS) is 12.6. The Bertz CT molecular complexity index is 1150. The summed E-state index contributed by atoms with van der Waals surface area (Å²) < 4.78 is 0.980. The monoisotopic (exact) mass is 580 g/mol. The molecule has 3 aromatic rings. The molecule has 196 valence electrons. The van der Waals surface area contributed by atoms with E-state index in [2.05, 4.69) is 53.3 Å². The van der Waals surface area contributed by atoms with Gasteiger partial charge in [-0.3, -0.25) is 9.59 Å². The molecule has 2 amide bonds. The summed E-state index contributed by atoms with van der Waals surface area (Å²) in [5.74, 6) is 0.925. The molecular weight excluding hydrogens is 544 g/mol. The van der Waals surface area contributed by atoms with Gasteiger partial charge >= 0.3 is 0 Å². The van der Waals surface area contributed by atoms with Gasteiger partial charge in [0.1, 0.15) is 6.04 Å². The second-order valence-electron chi connectivity index (χ2n) is 9.66. The van der Waals surface area contributed by atoms with Gasteiger partial charge in [0.05, 0.1) is 5.75 Å². The van der Waals surface area contributed by atoms with Crippen molar-refractivity contribution in [1.29, 1.82) is 0 Å². The van der Waals surface area contributed by atoms with E-state index >= 15 is 0 Å². The number of rotatable bonds is 12. The summed E-state index contributed by atoms with van der Waals surface area (Å²) in [6.07, 6.45) is 1.29. The van der Waals surface area contributed by atoms with Gasteiger partial charge in [0.15, 0.2) is 0 Å². The lowest BCUT2D eigenvalue weighted by Gasteiger charge is -2.32. The van der Waals surface area contributed by atoms with Crippen LogP contribution in [0.25, 0.3) is 0 Å². The zero-order valence-electron chi connectivity index (χ0n) is 22.2. The molecule has 0 bridgehead atoms. The van der Waals surface area contributed by atoms with Crippen molar-refractivity contribution >= 4 is 39.5 Å². The number of carbonyl (C=O) groups excluding carboxylic acids is 2. The lowest BCUT2D eigenvalue weighted by molar-refractivity contribution is -0.139. The summed E-state index contributed by atoms with van der Waals surface area (Å²) in [7, 11) is 0. The first-order chi connectivity index (χ1) is 17.7. The van der Waals surface area contributed by atoms with E-state index in [0.717, 1.165) is 27.8 Å². The maximum atomic E-state index is 13.7. The van der Waals surface area contributed by atoms with Crippen LogP contribution < -0.4 is 5.32 Å². The molecule has 0 unspecified atom stereocenters. The van der Waals surface area contributed by atoms with E-state index in [0.29, 0.717) is 18.7 Å². The molecule has 0 aliphatic heterocycles. The van der Waals surface area contributed by atoms with Gasteiger partial charge in [-0.15, -0.1) is 11.8 Å². The number of nitrogens with one attached hydrogen (secondary N) is 1. The molecule has 6 heteroatoms. The fourth-order valence-electron chi connectivity index (χ4n) is 4.27. The molecule has 3 aromatic carbocycles. The first kappa shape index (κ1) is 29.0. The smallest absolute Gasteiger partial charge is 0.243 e. The molecule has 0 aliphatic carbocycles. The Labute approximate surface area is 234 Å². The average molecular weight is 582 g/mol. The third kappa shape index (κ3) is 9.35. The number of nitrogens with zero attached hydrogens (tertiary/aromatic N) is 1. The number of hydrogen-bond acceptors (Lipinski definition) is 3. The number of thioether (sulfide) groups is 1. The lowest BCUT2D eigenvalue weighted by atomic mass is 10.0. The summed E-state index contributed by atoms with van der Waals surface area (Å²) in [4.78, 5) is 29.1. The fourth-order valence-corrected chi connectivity index (χ4v) is 5.38. The van der Waals surface area contributed by atoms with Crippen LogP contribution in [0.15, 0.2) is 77.3 Å². The quantitative estimate of drug-likeness (QED) is 0.255. The predicted molar refractivity (Wildman–Crippen MR) is 159 cm³/mol. The minimum absolute atomic E-state index is 0.0301. The van der Waals surface area contributed by atoms with E-state index in [9.17, 15) is 9.59 Å². The Hall–Kier alpha value is -2.57. The van der Waals surface area contributed by atoms with Crippen LogP contribution in [0.4, 0.5) is 0 Å². The van der Waals surface area contributed by atoms with Crippen LogP contribution >= 0.6 is 27.7 Å². The van der Waals surface area contributed by atoms with Gasteiger partial charge in [-0.25, -0.2) is 0 Å². The van der Waals surface area contributed by atoms with Crippen molar-refractivity contribution in [3.8, 4) is 0 Å². The van der Waals surface area contributed by atoms with Gasteiger partial charge in [0.25, 0.3) is 0 Å². The molecule has 0 saturated heterocycles. The molecular formula is C31H37BrN2O2S. The van der Waals surface area contributed by atoms with Crippen molar-refractivity contribution in [2.45, 2.75) is 64.9 Å². The minimum Gasteiger partial charge on any atom is -0.352 e. The van der Waals surface area contributed by atoms with Crippen molar-refractivity contribution in [2.24, 2.45) is 0 Å². The largest absolute Gasteiger partial charge is 0.352 e. The molecule has 3 rings (SSSR count). The second kappa shape index (κ2) is 14.4. The second-order valence-corrected chi connectivity index (χ2v) is 11.6. The summed E-state index contributed by atoms with van der Waals surface area (Å²) in [5, 5.41) is 3.13. The Morgan fingerprint density at radius 2 is 1.57 bits per heavy atom.